The van der Waals surface area contributed by atoms with Gasteiger partial charge in [0.05, 0.1) is 26.4 Å². The second-order valence-electron chi connectivity index (χ2n) is 16.4. The van der Waals surface area contributed by atoms with Crippen LogP contribution in [0.1, 0.15) is 172 Å². The highest BCUT2D eigenvalue weighted by molar-refractivity contribution is 6.17. The summed E-state index contributed by atoms with van der Waals surface area (Å²) in [5, 5.41) is 0. The lowest BCUT2D eigenvalue weighted by Gasteiger charge is -2.24. The highest BCUT2D eigenvalue weighted by atomic mass is 35.5. The normalized spacial score (nSPS) is 12.4. The third kappa shape index (κ3) is 13.6. The average molecular weight is 899 g/mol. The van der Waals surface area contributed by atoms with Crippen LogP contribution in [0.15, 0.2) is 48.5 Å². The number of fused-ring (bicyclic) bond motifs is 8. The maximum atomic E-state index is 6.90. The van der Waals surface area contributed by atoms with Crippen molar-refractivity contribution in [1.82, 2.24) is 0 Å². The number of alkyl halides is 4. The van der Waals surface area contributed by atoms with Gasteiger partial charge in [0.1, 0.15) is 23.0 Å². The summed E-state index contributed by atoms with van der Waals surface area (Å²) in [6.45, 7) is 11.4. The zero-order valence-corrected chi connectivity index (χ0v) is 39.8. The first-order chi connectivity index (χ1) is 29.4. The van der Waals surface area contributed by atoms with Crippen LogP contribution in [0, 0.1) is 0 Å². The molecule has 0 unspecified atom stereocenters. The van der Waals surface area contributed by atoms with E-state index in [1.54, 1.807) is 0 Å². The summed E-state index contributed by atoms with van der Waals surface area (Å²) in [5.74, 6) is 5.19. The molecule has 0 aromatic heterocycles. The molecule has 4 nitrogen and oxygen atoms in total. The monoisotopic (exact) mass is 896 g/mol. The molecule has 0 fully saturated rings. The minimum Gasteiger partial charge on any atom is -0.493 e. The minimum absolute atomic E-state index is 0.384. The molecule has 0 amide bonds. The summed E-state index contributed by atoms with van der Waals surface area (Å²) in [5.41, 5.74) is 12.9. The van der Waals surface area contributed by atoms with Gasteiger partial charge in [-0.15, -0.1) is 46.4 Å². The van der Waals surface area contributed by atoms with Gasteiger partial charge in [-0.3, -0.25) is 0 Å². The summed E-state index contributed by atoms with van der Waals surface area (Å²) < 4.78 is 27.6. The van der Waals surface area contributed by atoms with Gasteiger partial charge in [0, 0.05) is 49.2 Å². The number of rotatable bonds is 24. The molecule has 4 aromatic rings. The fourth-order valence-electron chi connectivity index (χ4n) is 8.33. The zero-order valence-electron chi connectivity index (χ0n) is 36.7. The minimum atomic E-state index is 0.384. The molecule has 1 aliphatic carbocycles. The lowest BCUT2D eigenvalue weighted by atomic mass is 9.88. The van der Waals surface area contributed by atoms with Crippen molar-refractivity contribution in [2.24, 2.45) is 0 Å². The summed E-state index contributed by atoms with van der Waals surface area (Å²) >= 11 is 26.9. The Labute approximate surface area is 381 Å². The maximum Gasteiger partial charge on any atom is 0.126 e. The molecule has 0 saturated carbocycles. The van der Waals surface area contributed by atoms with Crippen LogP contribution in [0.2, 0.25) is 0 Å². The Morgan fingerprint density at radius 3 is 0.650 bits per heavy atom. The largest absolute Gasteiger partial charge is 0.493 e. The highest BCUT2D eigenvalue weighted by Gasteiger charge is 2.24. The molecule has 0 heterocycles. The van der Waals surface area contributed by atoms with E-state index in [2.05, 4.69) is 76.2 Å². The smallest absolute Gasteiger partial charge is 0.126 e. The van der Waals surface area contributed by atoms with E-state index >= 15 is 0 Å². The lowest BCUT2D eigenvalue weighted by molar-refractivity contribution is 0.294. The quantitative estimate of drug-likeness (QED) is 0.0457. The average Bonchev–Trinajstić information content (AvgIpc) is 3.25. The van der Waals surface area contributed by atoms with Crippen molar-refractivity contribution in [2.45, 2.75) is 154 Å². The summed E-state index contributed by atoms with van der Waals surface area (Å²) in [6.07, 6.45) is 15.2. The van der Waals surface area contributed by atoms with Gasteiger partial charge in [-0.2, -0.15) is 0 Å². The Balaban J connectivity index is 1.84. The van der Waals surface area contributed by atoms with Crippen LogP contribution in [0.3, 0.4) is 0 Å². The summed E-state index contributed by atoms with van der Waals surface area (Å²) in [6, 6.07) is 17.8. The summed E-state index contributed by atoms with van der Waals surface area (Å²) in [4.78, 5) is 0. The second kappa shape index (κ2) is 26.0. The van der Waals surface area contributed by atoms with Crippen LogP contribution in [-0.4, -0.2) is 26.4 Å². The lowest BCUT2D eigenvalue weighted by Crippen LogP contribution is -2.12. The predicted octanol–water partition coefficient (Wildman–Crippen LogP) is 15.6. The Morgan fingerprint density at radius 2 is 0.500 bits per heavy atom. The number of ether oxygens (including phenoxy) is 4. The van der Waals surface area contributed by atoms with E-state index in [9.17, 15) is 0 Å². The SMILES string of the molecule is CCCCCOc1c2cc(CCl)cc1Cc1cc(CCl)cc(c1OCCCCC)Cc1cc(CCl)cc(c1OCCCCC)Cc1cc(CCl)cc(c1OCCCCC)C2. The topological polar surface area (TPSA) is 36.9 Å². The van der Waals surface area contributed by atoms with E-state index in [1.807, 2.05) is 0 Å². The number of benzene rings is 4. The molecule has 328 valence electrons. The molecule has 1 aliphatic rings. The van der Waals surface area contributed by atoms with E-state index in [4.69, 9.17) is 65.4 Å². The van der Waals surface area contributed by atoms with Gasteiger partial charge in [-0.25, -0.2) is 0 Å². The van der Waals surface area contributed by atoms with Crippen LogP contribution < -0.4 is 18.9 Å². The standard InChI is InChI=1S/C52H68Cl4O4/c1-5-9-13-17-57-49-41-21-37(33-53)22-42(49)30-44-24-39(35-55)26-46(51(44)59-19-15-11-7-3)32-48-28-40(36-56)27-47(52(48)60-20-16-12-8-4)31-45-25-38(34-54)23-43(29-41)50(45)58-18-14-10-6-2/h21-28H,5-20,29-36H2,1-4H3. The zero-order chi connectivity index (χ0) is 42.7. The van der Waals surface area contributed by atoms with Crippen molar-refractivity contribution in [3.8, 4) is 23.0 Å². The second-order valence-corrected chi connectivity index (χ2v) is 17.5. The molecule has 4 aromatic carbocycles. The Bertz CT molecular complexity index is 1570. The Kier molecular flexibility index (Phi) is 20.9. The van der Waals surface area contributed by atoms with Gasteiger partial charge in [-0.1, -0.05) is 128 Å². The predicted molar refractivity (Wildman–Crippen MR) is 255 cm³/mol. The highest BCUT2D eigenvalue weighted by Crippen LogP contribution is 2.41. The van der Waals surface area contributed by atoms with Crippen LogP contribution in [0.4, 0.5) is 0 Å². The van der Waals surface area contributed by atoms with Crippen molar-refractivity contribution in [3.63, 3.8) is 0 Å². The maximum absolute atomic E-state index is 6.90. The molecule has 0 N–H and O–H groups in total. The Hall–Kier alpha value is -2.76. The first-order valence-electron chi connectivity index (χ1n) is 22.7. The van der Waals surface area contributed by atoms with Gasteiger partial charge in [-0.05, 0) is 92.4 Å². The van der Waals surface area contributed by atoms with E-state index < -0.39 is 0 Å². The van der Waals surface area contributed by atoms with Crippen molar-refractivity contribution in [1.29, 1.82) is 0 Å². The molecular weight excluding hydrogens is 830 g/mol. The number of unbranched alkanes of at least 4 members (excludes halogenated alkanes) is 8. The van der Waals surface area contributed by atoms with Crippen molar-refractivity contribution in [2.75, 3.05) is 26.4 Å². The van der Waals surface area contributed by atoms with Gasteiger partial charge in [0.2, 0.25) is 0 Å². The van der Waals surface area contributed by atoms with E-state index in [-0.39, 0.29) is 0 Å². The van der Waals surface area contributed by atoms with E-state index in [0.717, 1.165) is 167 Å². The van der Waals surface area contributed by atoms with Crippen LogP contribution >= 0.6 is 46.4 Å². The summed E-state index contributed by atoms with van der Waals surface area (Å²) in [7, 11) is 0. The van der Waals surface area contributed by atoms with Gasteiger partial charge in [0.25, 0.3) is 0 Å². The molecule has 60 heavy (non-hydrogen) atoms. The van der Waals surface area contributed by atoms with Crippen molar-refractivity contribution < 1.29 is 18.9 Å². The van der Waals surface area contributed by atoms with Crippen molar-refractivity contribution in [3.05, 3.63) is 115 Å². The molecule has 0 radical (unpaired) electrons. The molecule has 0 spiro atoms. The number of hydrogen-bond donors (Lipinski definition) is 0. The fourth-order valence-corrected chi connectivity index (χ4v) is 8.95. The van der Waals surface area contributed by atoms with Gasteiger partial charge in [0.15, 0.2) is 0 Å². The molecule has 8 heteroatoms. The molecule has 8 bridgehead atoms. The molecule has 0 atom stereocenters. The number of hydrogen-bond acceptors (Lipinski definition) is 4. The molecular formula is C52H68Cl4O4. The first kappa shape index (κ1) is 48.3. The fraction of sp³-hybridized carbons (Fsp3) is 0.538. The molecule has 5 rings (SSSR count). The van der Waals surface area contributed by atoms with Gasteiger partial charge < -0.3 is 18.9 Å². The third-order valence-electron chi connectivity index (χ3n) is 11.3. The van der Waals surface area contributed by atoms with Crippen LogP contribution in [-0.2, 0) is 49.2 Å². The Morgan fingerprint density at radius 1 is 0.317 bits per heavy atom. The van der Waals surface area contributed by atoms with E-state index in [0.29, 0.717) is 75.6 Å². The van der Waals surface area contributed by atoms with Crippen LogP contribution in [0.25, 0.3) is 0 Å². The van der Waals surface area contributed by atoms with E-state index in [1.165, 1.54) is 0 Å². The van der Waals surface area contributed by atoms with Crippen LogP contribution in [0.5, 0.6) is 23.0 Å². The molecule has 0 aliphatic heterocycles. The van der Waals surface area contributed by atoms with Crippen molar-refractivity contribution >= 4 is 46.4 Å². The number of halogens is 4. The first-order valence-corrected chi connectivity index (χ1v) is 24.9. The molecule has 0 saturated heterocycles. The van der Waals surface area contributed by atoms with Gasteiger partial charge >= 0.3 is 0 Å². The third-order valence-corrected chi connectivity index (χ3v) is 12.6.